The molecule has 18 heavy (non-hydrogen) atoms. The molecule has 0 atom stereocenters. The summed E-state index contributed by atoms with van der Waals surface area (Å²) in [6.45, 7) is 1.19. The van der Waals surface area contributed by atoms with Crippen LogP contribution < -0.4 is 11.1 Å². The highest BCUT2D eigenvalue weighted by atomic mass is 35.5. The number of hydrogen-bond donors (Lipinski definition) is 2. The summed E-state index contributed by atoms with van der Waals surface area (Å²) in [7, 11) is 0. The fraction of sp³-hybridized carbons (Fsp3) is 0.385. The van der Waals surface area contributed by atoms with Crippen LogP contribution in [0.25, 0.3) is 0 Å². The van der Waals surface area contributed by atoms with E-state index in [0.717, 1.165) is 18.4 Å². The summed E-state index contributed by atoms with van der Waals surface area (Å²) in [5, 5.41) is 3.27. The summed E-state index contributed by atoms with van der Waals surface area (Å²) in [5.41, 5.74) is 5.82. The number of hydrogen-bond acceptors (Lipinski definition) is 2. The second-order valence-electron chi connectivity index (χ2n) is 4.65. The van der Waals surface area contributed by atoms with Gasteiger partial charge in [0.15, 0.2) is 0 Å². The molecule has 1 aliphatic rings. The van der Waals surface area contributed by atoms with Crippen molar-refractivity contribution >= 4 is 17.5 Å². The SMILES string of the molecule is NC(=O)C1(CNC[CH]c2ccc(F)c(Cl)c2)CC1. The molecule has 2 rings (SSSR count). The highest BCUT2D eigenvalue weighted by Crippen LogP contribution is 2.44. The Morgan fingerprint density at radius 2 is 2.28 bits per heavy atom. The Kier molecular flexibility index (Phi) is 3.88. The highest BCUT2D eigenvalue weighted by Gasteiger charge is 2.47. The van der Waals surface area contributed by atoms with Crippen LogP contribution in [0.1, 0.15) is 18.4 Å². The van der Waals surface area contributed by atoms with Crippen molar-refractivity contribution in [2.24, 2.45) is 11.1 Å². The molecular weight excluding hydrogens is 255 g/mol. The van der Waals surface area contributed by atoms with E-state index in [9.17, 15) is 9.18 Å². The van der Waals surface area contributed by atoms with Gasteiger partial charge in [-0.05, 0) is 30.5 Å². The van der Waals surface area contributed by atoms with Crippen molar-refractivity contribution < 1.29 is 9.18 Å². The summed E-state index contributed by atoms with van der Waals surface area (Å²) in [6.07, 6.45) is 3.61. The molecule has 0 saturated heterocycles. The maximum absolute atomic E-state index is 12.9. The number of amides is 1. The zero-order valence-corrected chi connectivity index (χ0v) is 10.6. The van der Waals surface area contributed by atoms with Crippen LogP contribution in [0.4, 0.5) is 4.39 Å². The van der Waals surface area contributed by atoms with Gasteiger partial charge in [0.1, 0.15) is 5.82 Å². The first-order valence-corrected chi connectivity index (χ1v) is 6.20. The Morgan fingerprint density at radius 1 is 1.56 bits per heavy atom. The maximum atomic E-state index is 12.9. The number of carbonyl (C=O) groups is 1. The van der Waals surface area contributed by atoms with Crippen LogP contribution in [-0.2, 0) is 4.79 Å². The van der Waals surface area contributed by atoms with Gasteiger partial charge in [-0.25, -0.2) is 4.39 Å². The first-order valence-electron chi connectivity index (χ1n) is 5.82. The number of benzene rings is 1. The zero-order valence-electron chi connectivity index (χ0n) is 9.88. The third-order valence-electron chi connectivity index (χ3n) is 3.27. The van der Waals surface area contributed by atoms with Gasteiger partial charge in [0, 0.05) is 19.5 Å². The summed E-state index contributed by atoms with van der Waals surface area (Å²) >= 11 is 5.67. The molecule has 3 N–H and O–H groups in total. The van der Waals surface area contributed by atoms with Gasteiger partial charge in [0.25, 0.3) is 0 Å². The molecule has 0 bridgehead atoms. The van der Waals surface area contributed by atoms with Gasteiger partial charge in [-0.2, -0.15) is 0 Å². The van der Waals surface area contributed by atoms with E-state index in [0.29, 0.717) is 13.1 Å². The van der Waals surface area contributed by atoms with E-state index in [2.05, 4.69) is 5.32 Å². The Bertz CT molecular complexity index is 460. The van der Waals surface area contributed by atoms with E-state index in [-0.39, 0.29) is 16.3 Å². The minimum absolute atomic E-state index is 0.111. The molecule has 1 fully saturated rings. The molecule has 5 heteroatoms. The van der Waals surface area contributed by atoms with Crippen LogP contribution in [0.5, 0.6) is 0 Å². The van der Waals surface area contributed by atoms with E-state index in [1.54, 1.807) is 12.1 Å². The molecule has 1 saturated carbocycles. The van der Waals surface area contributed by atoms with Crippen LogP contribution in [-0.4, -0.2) is 19.0 Å². The van der Waals surface area contributed by atoms with E-state index < -0.39 is 5.82 Å². The molecule has 1 aromatic rings. The molecular formula is C13H15ClFN2O. The molecule has 1 aromatic carbocycles. The van der Waals surface area contributed by atoms with Crippen molar-refractivity contribution in [3.8, 4) is 0 Å². The first kappa shape index (κ1) is 13.3. The van der Waals surface area contributed by atoms with Crippen molar-refractivity contribution in [1.29, 1.82) is 0 Å². The standard InChI is InChI=1S/C13H15ClFN2O/c14-10-7-9(1-2-11(10)15)3-6-17-8-13(4-5-13)12(16)18/h1-3,7,17H,4-6,8H2,(H2,16,18). The Labute approximate surface area is 111 Å². The molecule has 0 spiro atoms. The molecule has 3 nitrogen and oxygen atoms in total. The van der Waals surface area contributed by atoms with Gasteiger partial charge >= 0.3 is 0 Å². The van der Waals surface area contributed by atoms with Gasteiger partial charge in [0.2, 0.25) is 5.91 Å². The second-order valence-corrected chi connectivity index (χ2v) is 5.06. The van der Waals surface area contributed by atoms with Gasteiger partial charge in [0.05, 0.1) is 10.4 Å². The molecule has 0 aromatic heterocycles. The van der Waals surface area contributed by atoms with Crippen LogP contribution in [0.3, 0.4) is 0 Å². The van der Waals surface area contributed by atoms with Gasteiger partial charge in [-0.15, -0.1) is 0 Å². The van der Waals surface area contributed by atoms with Crippen molar-refractivity contribution in [3.63, 3.8) is 0 Å². The molecule has 1 radical (unpaired) electrons. The van der Waals surface area contributed by atoms with Crippen LogP contribution in [0.2, 0.25) is 5.02 Å². The van der Waals surface area contributed by atoms with Gasteiger partial charge < -0.3 is 11.1 Å². The van der Waals surface area contributed by atoms with Crippen molar-refractivity contribution in [2.45, 2.75) is 12.8 Å². The predicted octanol–water partition coefficient (Wildman–Crippen LogP) is 1.89. The van der Waals surface area contributed by atoms with E-state index in [4.69, 9.17) is 17.3 Å². The lowest BCUT2D eigenvalue weighted by Crippen LogP contribution is -2.35. The predicted molar refractivity (Wildman–Crippen MR) is 68.5 cm³/mol. The van der Waals surface area contributed by atoms with Gasteiger partial charge in [-0.1, -0.05) is 17.7 Å². The normalized spacial score (nSPS) is 16.6. The van der Waals surface area contributed by atoms with E-state index >= 15 is 0 Å². The maximum Gasteiger partial charge on any atom is 0.224 e. The third-order valence-corrected chi connectivity index (χ3v) is 3.56. The number of carbonyl (C=O) groups excluding carboxylic acids is 1. The Hall–Kier alpha value is -1.13. The molecule has 0 heterocycles. The largest absolute Gasteiger partial charge is 0.369 e. The minimum atomic E-state index is -0.424. The lowest BCUT2D eigenvalue weighted by Gasteiger charge is -2.11. The van der Waals surface area contributed by atoms with Crippen LogP contribution >= 0.6 is 11.6 Å². The summed E-state index contributed by atoms with van der Waals surface area (Å²) < 4.78 is 12.9. The minimum Gasteiger partial charge on any atom is -0.369 e. The quantitative estimate of drug-likeness (QED) is 0.775. The zero-order chi connectivity index (χ0) is 13.2. The number of primary amides is 1. The Morgan fingerprint density at radius 3 is 2.83 bits per heavy atom. The van der Waals surface area contributed by atoms with Crippen LogP contribution in [0.15, 0.2) is 18.2 Å². The topological polar surface area (TPSA) is 55.1 Å². The van der Waals surface area contributed by atoms with Crippen molar-refractivity contribution in [3.05, 3.63) is 41.0 Å². The molecule has 0 unspecified atom stereocenters. The summed E-state index contributed by atoms with van der Waals surface area (Å²) in [6, 6.07) is 4.56. The average Bonchev–Trinajstić information content (AvgIpc) is 3.10. The monoisotopic (exact) mass is 269 g/mol. The van der Waals surface area contributed by atoms with Gasteiger partial charge in [-0.3, -0.25) is 4.79 Å². The molecule has 1 amide bonds. The number of rotatable bonds is 6. The number of nitrogens with two attached hydrogens (primary N) is 1. The average molecular weight is 270 g/mol. The smallest absolute Gasteiger partial charge is 0.224 e. The number of nitrogens with one attached hydrogen (secondary N) is 1. The van der Waals surface area contributed by atoms with Crippen molar-refractivity contribution in [1.82, 2.24) is 5.32 Å². The van der Waals surface area contributed by atoms with E-state index in [1.807, 2.05) is 6.42 Å². The molecule has 97 valence electrons. The molecule has 1 aliphatic carbocycles. The lowest BCUT2D eigenvalue weighted by atomic mass is 10.1. The summed E-state index contributed by atoms with van der Waals surface area (Å²) in [5.74, 6) is -0.660. The van der Waals surface area contributed by atoms with E-state index in [1.165, 1.54) is 6.07 Å². The molecule has 0 aliphatic heterocycles. The first-order chi connectivity index (χ1) is 8.53. The fourth-order valence-electron chi connectivity index (χ4n) is 1.80. The van der Waals surface area contributed by atoms with Crippen LogP contribution in [0, 0.1) is 17.7 Å². The lowest BCUT2D eigenvalue weighted by molar-refractivity contribution is -0.122. The number of halogens is 2. The Balaban J connectivity index is 1.75. The van der Waals surface area contributed by atoms with Crippen molar-refractivity contribution in [2.75, 3.05) is 13.1 Å². The fourth-order valence-corrected chi connectivity index (χ4v) is 1.99. The highest BCUT2D eigenvalue weighted by molar-refractivity contribution is 6.30. The second kappa shape index (κ2) is 5.24. The third kappa shape index (κ3) is 3.00. The summed E-state index contributed by atoms with van der Waals surface area (Å²) in [4.78, 5) is 11.1.